The van der Waals surface area contributed by atoms with Crippen molar-refractivity contribution in [3.8, 4) is 5.75 Å². The minimum atomic E-state index is -0.343. The van der Waals surface area contributed by atoms with Crippen molar-refractivity contribution in [2.45, 2.75) is 27.2 Å². The molecule has 0 saturated heterocycles. The number of ether oxygens (including phenoxy) is 2. The van der Waals surface area contributed by atoms with Crippen LogP contribution >= 0.6 is 11.6 Å². The minimum absolute atomic E-state index is 0.0705. The standard InChI is InChI=1S/C14H19ClO3/c1-4-10(2)8-18-14(16)9-17-13-6-5-12(15)7-11(13)3/h5-7,10H,4,8-9H2,1-3H3. The largest absolute Gasteiger partial charge is 0.482 e. The molecule has 0 spiro atoms. The smallest absolute Gasteiger partial charge is 0.344 e. The first-order chi connectivity index (χ1) is 8.52. The molecule has 0 heterocycles. The zero-order chi connectivity index (χ0) is 13.5. The summed E-state index contributed by atoms with van der Waals surface area (Å²) in [5.74, 6) is 0.691. The zero-order valence-corrected chi connectivity index (χ0v) is 11.8. The molecule has 100 valence electrons. The fraction of sp³-hybridized carbons (Fsp3) is 0.500. The number of halogens is 1. The predicted octanol–water partition coefficient (Wildman–Crippen LogP) is 3.62. The second kappa shape index (κ2) is 7.27. The summed E-state index contributed by atoms with van der Waals surface area (Å²) in [5.41, 5.74) is 0.900. The molecule has 1 atom stereocenters. The normalized spacial score (nSPS) is 12.0. The van der Waals surface area contributed by atoms with Crippen LogP contribution in [0, 0.1) is 12.8 Å². The number of hydrogen-bond donors (Lipinski definition) is 0. The summed E-state index contributed by atoms with van der Waals surface area (Å²) in [6, 6.07) is 5.27. The van der Waals surface area contributed by atoms with Crippen LogP contribution in [0.4, 0.5) is 0 Å². The van der Waals surface area contributed by atoms with Gasteiger partial charge in [-0.1, -0.05) is 31.9 Å². The number of benzene rings is 1. The van der Waals surface area contributed by atoms with Gasteiger partial charge in [-0.25, -0.2) is 4.79 Å². The second-order valence-electron chi connectivity index (χ2n) is 4.39. The van der Waals surface area contributed by atoms with Crippen LogP contribution in [0.5, 0.6) is 5.75 Å². The van der Waals surface area contributed by atoms with Crippen molar-refractivity contribution in [1.29, 1.82) is 0 Å². The molecule has 0 aliphatic rings. The molecule has 4 heteroatoms. The molecule has 1 aromatic carbocycles. The highest BCUT2D eigenvalue weighted by Gasteiger charge is 2.08. The van der Waals surface area contributed by atoms with E-state index in [4.69, 9.17) is 21.1 Å². The molecule has 0 aliphatic carbocycles. The van der Waals surface area contributed by atoms with E-state index in [1.807, 2.05) is 13.8 Å². The molecule has 3 nitrogen and oxygen atoms in total. The Morgan fingerprint density at radius 1 is 1.44 bits per heavy atom. The lowest BCUT2D eigenvalue weighted by Gasteiger charge is -2.11. The summed E-state index contributed by atoms with van der Waals surface area (Å²) in [6.07, 6.45) is 0.991. The van der Waals surface area contributed by atoms with Crippen LogP contribution in [-0.2, 0) is 9.53 Å². The molecule has 0 amide bonds. The van der Waals surface area contributed by atoms with E-state index >= 15 is 0 Å². The Morgan fingerprint density at radius 3 is 2.78 bits per heavy atom. The molecule has 0 fully saturated rings. The van der Waals surface area contributed by atoms with Crippen molar-refractivity contribution in [2.24, 2.45) is 5.92 Å². The third-order valence-corrected chi connectivity index (χ3v) is 2.94. The van der Waals surface area contributed by atoms with Gasteiger partial charge >= 0.3 is 5.97 Å². The van der Waals surface area contributed by atoms with Gasteiger partial charge in [0.05, 0.1) is 6.61 Å². The Bertz CT molecular complexity index is 404. The van der Waals surface area contributed by atoms with Gasteiger partial charge in [-0.2, -0.15) is 0 Å². The van der Waals surface area contributed by atoms with Gasteiger partial charge in [0.1, 0.15) is 5.75 Å². The predicted molar refractivity (Wildman–Crippen MR) is 72.1 cm³/mol. The lowest BCUT2D eigenvalue weighted by atomic mass is 10.1. The van der Waals surface area contributed by atoms with E-state index < -0.39 is 0 Å². The van der Waals surface area contributed by atoms with Gasteiger partial charge in [-0.15, -0.1) is 0 Å². The highest BCUT2D eigenvalue weighted by atomic mass is 35.5. The van der Waals surface area contributed by atoms with Crippen LogP contribution in [0.1, 0.15) is 25.8 Å². The lowest BCUT2D eigenvalue weighted by molar-refractivity contribution is -0.147. The number of carbonyl (C=O) groups excluding carboxylic acids is 1. The van der Waals surface area contributed by atoms with Crippen molar-refractivity contribution in [2.75, 3.05) is 13.2 Å². The quantitative estimate of drug-likeness (QED) is 0.741. The summed E-state index contributed by atoms with van der Waals surface area (Å²) in [6.45, 7) is 6.35. The van der Waals surface area contributed by atoms with Crippen LogP contribution in [-0.4, -0.2) is 19.2 Å². The fourth-order valence-corrected chi connectivity index (χ4v) is 1.53. The van der Waals surface area contributed by atoms with Crippen LogP contribution in [0.3, 0.4) is 0 Å². The van der Waals surface area contributed by atoms with Gasteiger partial charge in [-0.3, -0.25) is 0 Å². The first kappa shape index (κ1) is 14.8. The van der Waals surface area contributed by atoms with E-state index in [9.17, 15) is 4.79 Å². The number of esters is 1. The van der Waals surface area contributed by atoms with Gasteiger partial charge in [0.25, 0.3) is 0 Å². The van der Waals surface area contributed by atoms with Crippen molar-refractivity contribution >= 4 is 17.6 Å². The molecule has 0 aliphatic heterocycles. The highest BCUT2D eigenvalue weighted by molar-refractivity contribution is 6.30. The van der Waals surface area contributed by atoms with Crippen LogP contribution in [0.25, 0.3) is 0 Å². The van der Waals surface area contributed by atoms with E-state index in [2.05, 4.69) is 6.92 Å². The highest BCUT2D eigenvalue weighted by Crippen LogP contribution is 2.21. The van der Waals surface area contributed by atoms with Crippen molar-refractivity contribution in [3.63, 3.8) is 0 Å². The summed E-state index contributed by atoms with van der Waals surface area (Å²) >= 11 is 5.83. The second-order valence-corrected chi connectivity index (χ2v) is 4.83. The first-order valence-electron chi connectivity index (χ1n) is 6.07. The first-order valence-corrected chi connectivity index (χ1v) is 6.45. The average Bonchev–Trinajstić information content (AvgIpc) is 2.34. The van der Waals surface area contributed by atoms with Crippen LogP contribution < -0.4 is 4.74 Å². The average molecular weight is 271 g/mol. The molecule has 18 heavy (non-hydrogen) atoms. The van der Waals surface area contributed by atoms with E-state index in [1.54, 1.807) is 18.2 Å². The number of rotatable bonds is 6. The summed E-state index contributed by atoms with van der Waals surface area (Å²) in [5, 5.41) is 0.652. The van der Waals surface area contributed by atoms with Gasteiger partial charge in [0.15, 0.2) is 6.61 Å². The molecule has 0 radical (unpaired) electrons. The van der Waals surface area contributed by atoms with Gasteiger partial charge < -0.3 is 9.47 Å². The van der Waals surface area contributed by atoms with E-state index in [-0.39, 0.29) is 12.6 Å². The zero-order valence-electron chi connectivity index (χ0n) is 11.0. The summed E-state index contributed by atoms with van der Waals surface area (Å²) in [7, 11) is 0. The lowest BCUT2D eigenvalue weighted by Crippen LogP contribution is -2.18. The molecule has 0 N–H and O–H groups in total. The molecule has 1 rings (SSSR count). The Balaban J connectivity index is 2.38. The van der Waals surface area contributed by atoms with E-state index in [1.165, 1.54) is 0 Å². The minimum Gasteiger partial charge on any atom is -0.482 e. The Labute approximate surface area is 113 Å². The monoisotopic (exact) mass is 270 g/mol. The van der Waals surface area contributed by atoms with Gasteiger partial charge in [-0.05, 0) is 36.6 Å². The van der Waals surface area contributed by atoms with Crippen molar-refractivity contribution in [1.82, 2.24) is 0 Å². The third kappa shape index (κ3) is 4.96. The van der Waals surface area contributed by atoms with E-state index in [0.29, 0.717) is 23.3 Å². The van der Waals surface area contributed by atoms with Crippen LogP contribution in [0.2, 0.25) is 5.02 Å². The maximum atomic E-state index is 11.4. The molecular formula is C14H19ClO3. The molecule has 0 saturated carbocycles. The van der Waals surface area contributed by atoms with Crippen molar-refractivity contribution < 1.29 is 14.3 Å². The van der Waals surface area contributed by atoms with Gasteiger partial charge in [0, 0.05) is 5.02 Å². The number of carbonyl (C=O) groups is 1. The molecule has 0 aromatic heterocycles. The maximum absolute atomic E-state index is 11.4. The Hall–Kier alpha value is -1.22. The third-order valence-electron chi connectivity index (χ3n) is 2.71. The maximum Gasteiger partial charge on any atom is 0.344 e. The summed E-state index contributed by atoms with van der Waals surface area (Å²) in [4.78, 5) is 11.4. The van der Waals surface area contributed by atoms with Gasteiger partial charge in [0.2, 0.25) is 0 Å². The topological polar surface area (TPSA) is 35.5 Å². The number of hydrogen-bond acceptors (Lipinski definition) is 3. The SMILES string of the molecule is CCC(C)COC(=O)COc1ccc(Cl)cc1C. The molecule has 1 unspecified atom stereocenters. The fourth-order valence-electron chi connectivity index (χ4n) is 1.31. The molecule has 0 bridgehead atoms. The van der Waals surface area contributed by atoms with Crippen LogP contribution in [0.15, 0.2) is 18.2 Å². The van der Waals surface area contributed by atoms with Crippen molar-refractivity contribution in [3.05, 3.63) is 28.8 Å². The molecular weight excluding hydrogens is 252 g/mol. The number of aryl methyl sites for hydroxylation is 1. The summed E-state index contributed by atoms with van der Waals surface area (Å²) < 4.78 is 10.5. The Kier molecular flexibility index (Phi) is 5.99. The van der Waals surface area contributed by atoms with E-state index in [0.717, 1.165) is 12.0 Å². The molecule has 1 aromatic rings. The Morgan fingerprint density at radius 2 is 2.17 bits per heavy atom.